The molecule has 1 atom stereocenters. The maximum absolute atomic E-state index is 12.5. The number of fused-ring (bicyclic) bond motifs is 1. The largest absolute Gasteiger partial charge is 0.494 e. The average molecular weight is 369 g/mol. The molecule has 0 aliphatic carbocycles. The third-order valence-corrected chi connectivity index (χ3v) is 4.18. The van der Waals surface area contributed by atoms with E-state index in [0.717, 1.165) is 11.4 Å². The van der Waals surface area contributed by atoms with Gasteiger partial charge in [0.05, 0.1) is 25.4 Å². The second-order valence-corrected chi connectivity index (χ2v) is 6.07. The number of likely N-dealkylation sites (N-methyl/N-ethyl adjacent to an activating group) is 1. The Morgan fingerprint density at radius 3 is 2.63 bits per heavy atom. The Morgan fingerprint density at radius 1 is 1.19 bits per heavy atom. The highest BCUT2D eigenvalue weighted by molar-refractivity contribution is 5.95. The SMILES string of the molecule is CCOc1ccc(NC(=O)CN2C[C@H](C(=O)NC)Oc3ccccc32)cc1. The van der Waals surface area contributed by atoms with E-state index in [0.29, 0.717) is 24.6 Å². The summed E-state index contributed by atoms with van der Waals surface area (Å²) in [5.74, 6) is 0.949. The number of rotatable bonds is 6. The molecule has 1 heterocycles. The number of hydrogen-bond donors (Lipinski definition) is 2. The van der Waals surface area contributed by atoms with Crippen LogP contribution in [0.3, 0.4) is 0 Å². The van der Waals surface area contributed by atoms with E-state index < -0.39 is 6.10 Å². The zero-order chi connectivity index (χ0) is 19.2. The van der Waals surface area contributed by atoms with Crippen molar-refractivity contribution in [2.45, 2.75) is 13.0 Å². The summed E-state index contributed by atoms with van der Waals surface area (Å²) in [5.41, 5.74) is 1.48. The van der Waals surface area contributed by atoms with Gasteiger partial charge < -0.3 is 25.0 Å². The Balaban J connectivity index is 1.69. The van der Waals surface area contributed by atoms with Crippen molar-refractivity contribution in [3.63, 3.8) is 0 Å². The summed E-state index contributed by atoms with van der Waals surface area (Å²) < 4.78 is 11.2. The predicted octanol–water partition coefficient (Wildman–Crippen LogP) is 2.04. The van der Waals surface area contributed by atoms with E-state index >= 15 is 0 Å². The van der Waals surface area contributed by atoms with Gasteiger partial charge in [0.15, 0.2) is 6.10 Å². The van der Waals surface area contributed by atoms with Crippen LogP contribution in [0, 0.1) is 0 Å². The van der Waals surface area contributed by atoms with Gasteiger partial charge in [0.2, 0.25) is 5.91 Å². The fraction of sp³-hybridized carbons (Fsp3) is 0.300. The minimum atomic E-state index is -0.664. The first kappa shape index (κ1) is 18.6. The molecule has 7 heteroatoms. The number of amides is 2. The lowest BCUT2D eigenvalue weighted by Gasteiger charge is -2.34. The number of nitrogens with zero attached hydrogens (tertiary/aromatic N) is 1. The van der Waals surface area contributed by atoms with Crippen LogP contribution < -0.4 is 25.0 Å². The average Bonchev–Trinajstić information content (AvgIpc) is 2.69. The van der Waals surface area contributed by atoms with Crippen molar-refractivity contribution in [2.75, 3.05) is 37.0 Å². The third-order valence-electron chi connectivity index (χ3n) is 4.18. The zero-order valence-electron chi connectivity index (χ0n) is 15.4. The molecule has 3 rings (SSSR count). The molecule has 2 aromatic rings. The van der Waals surface area contributed by atoms with Crippen LogP contribution in [0.4, 0.5) is 11.4 Å². The number of benzene rings is 2. The first-order valence-corrected chi connectivity index (χ1v) is 8.85. The number of nitrogens with one attached hydrogen (secondary N) is 2. The third kappa shape index (κ3) is 4.49. The van der Waals surface area contributed by atoms with Gasteiger partial charge in [-0.2, -0.15) is 0 Å². The summed E-state index contributed by atoms with van der Waals surface area (Å²) in [6, 6.07) is 14.6. The Labute approximate surface area is 158 Å². The van der Waals surface area contributed by atoms with Crippen molar-refractivity contribution in [3.8, 4) is 11.5 Å². The van der Waals surface area contributed by atoms with Crippen molar-refractivity contribution in [1.82, 2.24) is 5.32 Å². The van der Waals surface area contributed by atoms with E-state index in [4.69, 9.17) is 9.47 Å². The Hall–Kier alpha value is -3.22. The van der Waals surface area contributed by atoms with Gasteiger partial charge in [-0.3, -0.25) is 9.59 Å². The van der Waals surface area contributed by atoms with Crippen molar-refractivity contribution >= 4 is 23.2 Å². The summed E-state index contributed by atoms with van der Waals surface area (Å²) in [6.07, 6.45) is -0.664. The first-order valence-electron chi connectivity index (χ1n) is 8.85. The van der Waals surface area contributed by atoms with Gasteiger partial charge in [0, 0.05) is 12.7 Å². The van der Waals surface area contributed by atoms with Gasteiger partial charge in [-0.05, 0) is 43.3 Å². The van der Waals surface area contributed by atoms with E-state index in [1.807, 2.05) is 42.2 Å². The van der Waals surface area contributed by atoms with Crippen molar-refractivity contribution in [2.24, 2.45) is 0 Å². The number of carbonyl (C=O) groups is 2. The Kier molecular flexibility index (Phi) is 5.80. The molecule has 0 saturated heterocycles. The molecule has 1 aliphatic rings. The molecule has 0 aromatic heterocycles. The molecule has 7 nitrogen and oxygen atoms in total. The van der Waals surface area contributed by atoms with Crippen LogP contribution in [-0.4, -0.2) is 44.7 Å². The molecule has 0 spiro atoms. The molecule has 2 aromatic carbocycles. The molecular formula is C20H23N3O4. The maximum Gasteiger partial charge on any atom is 0.262 e. The zero-order valence-corrected chi connectivity index (χ0v) is 15.4. The van der Waals surface area contributed by atoms with Gasteiger partial charge in [0.1, 0.15) is 11.5 Å². The molecule has 0 fully saturated rings. The molecule has 0 bridgehead atoms. The standard InChI is InChI=1S/C20H23N3O4/c1-3-26-15-10-8-14(9-11-15)22-19(24)13-23-12-18(20(25)21-2)27-17-7-5-4-6-16(17)23/h4-11,18H,3,12-13H2,1-2H3,(H,21,25)(H,22,24)/t18-/m1/s1. The maximum atomic E-state index is 12.5. The van der Waals surface area contributed by atoms with Crippen LogP contribution in [-0.2, 0) is 9.59 Å². The summed E-state index contributed by atoms with van der Waals surface area (Å²) in [6.45, 7) is 2.92. The van der Waals surface area contributed by atoms with E-state index in [1.54, 1.807) is 25.2 Å². The fourth-order valence-electron chi connectivity index (χ4n) is 2.93. The highest BCUT2D eigenvalue weighted by Gasteiger charge is 2.30. The van der Waals surface area contributed by atoms with Crippen molar-refractivity contribution in [3.05, 3.63) is 48.5 Å². The van der Waals surface area contributed by atoms with Crippen molar-refractivity contribution < 1.29 is 19.1 Å². The van der Waals surface area contributed by atoms with E-state index in [2.05, 4.69) is 10.6 Å². The highest BCUT2D eigenvalue weighted by Crippen LogP contribution is 2.33. The Morgan fingerprint density at radius 2 is 1.93 bits per heavy atom. The monoisotopic (exact) mass is 369 g/mol. The molecular weight excluding hydrogens is 346 g/mol. The number of anilines is 2. The quantitative estimate of drug-likeness (QED) is 0.815. The van der Waals surface area contributed by atoms with Gasteiger partial charge in [-0.1, -0.05) is 12.1 Å². The molecule has 0 unspecified atom stereocenters. The summed E-state index contributed by atoms with van der Waals surface area (Å²) in [7, 11) is 1.56. The lowest BCUT2D eigenvalue weighted by Crippen LogP contribution is -2.50. The van der Waals surface area contributed by atoms with E-state index in [9.17, 15) is 9.59 Å². The summed E-state index contributed by atoms with van der Waals surface area (Å²) in [5, 5.41) is 5.46. The number of hydrogen-bond acceptors (Lipinski definition) is 5. The first-order chi connectivity index (χ1) is 13.1. The number of ether oxygens (including phenoxy) is 2. The van der Waals surface area contributed by atoms with Gasteiger partial charge in [-0.25, -0.2) is 0 Å². The summed E-state index contributed by atoms with van der Waals surface area (Å²) in [4.78, 5) is 26.4. The van der Waals surface area contributed by atoms with Crippen LogP contribution in [0.15, 0.2) is 48.5 Å². The van der Waals surface area contributed by atoms with Crippen LogP contribution in [0.25, 0.3) is 0 Å². The normalized spacial score (nSPS) is 15.3. The van der Waals surface area contributed by atoms with Crippen molar-refractivity contribution in [1.29, 1.82) is 0 Å². The predicted molar refractivity (Wildman–Crippen MR) is 103 cm³/mol. The van der Waals surface area contributed by atoms with Crippen LogP contribution >= 0.6 is 0 Å². The van der Waals surface area contributed by atoms with Crippen LogP contribution in [0.5, 0.6) is 11.5 Å². The van der Waals surface area contributed by atoms with Crippen LogP contribution in [0.1, 0.15) is 6.92 Å². The lowest BCUT2D eigenvalue weighted by atomic mass is 10.1. The second kappa shape index (κ2) is 8.44. The molecule has 142 valence electrons. The van der Waals surface area contributed by atoms with Crippen LogP contribution in [0.2, 0.25) is 0 Å². The fourth-order valence-corrected chi connectivity index (χ4v) is 2.93. The van der Waals surface area contributed by atoms with E-state index in [1.165, 1.54) is 0 Å². The summed E-state index contributed by atoms with van der Waals surface area (Å²) >= 11 is 0. The van der Waals surface area contributed by atoms with E-state index in [-0.39, 0.29) is 18.4 Å². The molecule has 2 N–H and O–H groups in total. The molecule has 0 radical (unpaired) electrons. The topological polar surface area (TPSA) is 79.9 Å². The smallest absolute Gasteiger partial charge is 0.262 e. The number of para-hydroxylation sites is 2. The highest BCUT2D eigenvalue weighted by atomic mass is 16.5. The second-order valence-electron chi connectivity index (χ2n) is 6.07. The Bertz CT molecular complexity index is 807. The van der Waals surface area contributed by atoms with Gasteiger partial charge >= 0.3 is 0 Å². The molecule has 0 saturated carbocycles. The molecule has 27 heavy (non-hydrogen) atoms. The minimum absolute atomic E-state index is 0.112. The molecule has 1 aliphatic heterocycles. The number of carbonyl (C=O) groups excluding carboxylic acids is 2. The van der Waals surface area contributed by atoms with Gasteiger partial charge in [0.25, 0.3) is 5.91 Å². The lowest BCUT2D eigenvalue weighted by molar-refractivity contribution is -0.127. The minimum Gasteiger partial charge on any atom is -0.494 e. The van der Waals surface area contributed by atoms with Gasteiger partial charge in [-0.15, -0.1) is 0 Å². The molecule has 2 amide bonds.